The molecule has 1 heterocycles. The van der Waals surface area contributed by atoms with E-state index in [1.807, 2.05) is 0 Å². The molecule has 0 aromatic heterocycles. The normalized spacial score (nSPS) is 10.2. The van der Waals surface area contributed by atoms with Crippen molar-refractivity contribution in [1.29, 1.82) is 0 Å². The molecular weight excluding hydrogens is 224 g/mol. The molecule has 0 fully saturated rings. The molecule has 0 radical (unpaired) electrons. The van der Waals surface area contributed by atoms with E-state index < -0.39 is 11.6 Å². The second kappa shape index (κ2) is 4.29. The maximum atomic E-state index is 11.6. The Morgan fingerprint density at radius 3 is 2.59 bits per heavy atom. The van der Waals surface area contributed by atoms with Crippen LogP contribution in [0.5, 0.6) is 5.75 Å². The highest BCUT2D eigenvalue weighted by atomic mass is 16.5. The molecule has 2 rings (SSSR count). The van der Waals surface area contributed by atoms with Crippen molar-refractivity contribution in [1.82, 2.24) is 0 Å². The van der Waals surface area contributed by atoms with Gasteiger partial charge in [0.05, 0.1) is 14.2 Å². The average molecular weight is 234 g/mol. The summed E-state index contributed by atoms with van der Waals surface area (Å²) >= 11 is 0. The smallest absolute Gasteiger partial charge is 0.351 e. The van der Waals surface area contributed by atoms with Gasteiger partial charge in [-0.3, -0.25) is 0 Å². The Hall–Kier alpha value is -2.30. The molecule has 5 nitrogen and oxygen atoms in total. The lowest BCUT2D eigenvalue weighted by Crippen LogP contribution is -2.11. The standard InChI is InChI=1S/C12H10O5/c1-15-8-6-4-3-5-7-9(11(13)16-2)12(14)17-10(7)8/h3-6H,1-2H3. The summed E-state index contributed by atoms with van der Waals surface area (Å²) < 4.78 is 14.7. The Kier molecular flexibility index (Phi) is 2.82. The highest BCUT2D eigenvalue weighted by Crippen LogP contribution is 2.32. The monoisotopic (exact) mass is 234 g/mol. The number of rotatable bonds is 2. The van der Waals surface area contributed by atoms with Crippen LogP contribution in [0.3, 0.4) is 0 Å². The Morgan fingerprint density at radius 1 is 1.24 bits per heavy atom. The van der Waals surface area contributed by atoms with E-state index >= 15 is 0 Å². The van der Waals surface area contributed by atoms with Crippen LogP contribution in [0, 0.1) is 0 Å². The van der Waals surface area contributed by atoms with E-state index in [4.69, 9.17) is 9.15 Å². The van der Waals surface area contributed by atoms with Gasteiger partial charge in [-0.25, -0.2) is 9.59 Å². The molecule has 0 aromatic rings. The number of furan rings is 1. The summed E-state index contributed by atoms with van der Waals surface area (Å²) in [6.45, 7) is 0. The Balaban J connectivity index is 2.77. The molecule has 2 aliphatic rings. The van der Waals surface area contributed by atoms with Crippen LogP contribution in [0.4, 0.5) is 0 Å². The third-order valence-corrected chi connectivity index (χ3v) is 2.37. The van der Waals surface area contributed by atoms with Gasteiger partial charge >= 0.3 is 11.6 Å². The summed E-state index contributed by atoms with van der Waals surface area (Å²) in [5.74, 6) is -0.0952. The van der Waals surface area contributed by atoms with E-state index in [-0.39, 0.29) is 11.3 Å². The lowest BCUT2D eigenvalue weighted by atomic mass is 10.1. The predicted molar refractivity (Wildman–Crippen MR) is 59.5 cm³/mol. The molecule has 1 aliphatic carbocycles. The Morgan fingerprint density at radius 2 is 1.94 bits per heavy atom. The lowest BCUT2D eigenvalue weighted by molar-refractivity contribution is 0.0599. The third kappa shape index (κ3) is 1.75. The van der Waals surface area contributed by atoms with E-state index in [1.165, 1.54) is 14.2 Å². The molecule has 0 N–H and O–H groups in total. The average Bonchev–Trinajstić information content (AvgIpc) is 2.53. The first-order valence-corrected chi connectivity index (χ1v) is 4.87. The quantitative estimate of drug-likeness (QED) is 0.737. The number of methoxy groups -OCH3 is 2. The zero-order chi connectivity index (χ0) is 12.4. The van der Waals surface area contributed by atoms with E-state index in [0.717, 1.165) is 0 Å². The second-order valence-electron chi connectivity index (χ2n) is 3.29. The largest absolute Gasteiger partial charge is 0.493 e. The Bertz CT molecular complexity index is 584. The van der Waals surface area contributed by atoms with Gasteiger partial charge < -0.3 is 13.9 Å². The number of esters is 1. The molecule has 0 saturated carbocycles. The zero-order valence-corrected chi connectivity index (χ0v) is 9.35. The molecule has 0 aromatic carbocycles. The highest BCUT2D eigenvalue weighted by molar-refractivity contribution is 5.97. The summed E-state index contributed by atoms with van der Waals surface area (Å²) in [5, 5.41) is 0. The summed E-state index contributed by atoms with van der Waals surface area (Å²) in [6.07, 6.45) is 0. The molecule has 88 valence electrons. The Labute approximate surface area is 96.9 Å². The van der Waals surface area contributed by atoms with Gasteiger partial charge in [0, 0.05) is 5.56 Å². The van der Waals surface area contributed by atoms with Gasteiger partial charge in [-0.2, -0.15) is 0 Å². The van der Waals surface area contributed by atoms with E-state index in [9.17, 15) is 9.59 Å². The molecule has 0 spiro atoms. The fourth-order valence-electron chi connectivity index (χ4n) is 1.59. The van der Waals surface area contributed by atoms with Crippen molar-refractivity contribution in [2.45, 2.75) is 0 Å². The molecule has 5 heteroatoms. The van der Waals surface area contributed by atoms with Crippen LogP contribution in [0.25, 0.3) is 11.3 Å². The summed E-state index contributed by atoms with van der Waals surface area (Å²) in [5.41, 5.74) is -0.461. The number of carbonyl (C=O) groups is 1. The fraction of sp³-hybridized carbons (Fsp3) is 0.167. The first kappa shape index (κ1) is 11.2. The van der Waals surface area contributed by atoms with Crippen LogP contribution < -0.4 is 10.4 Å². The van der Waals surface area contributed by atoms with Gasteiger partial charge in [0.1, 0.15) is 0 Å². The van der Waals surface area contributed by atoms with Crippen LogP contribution in [0.15, 0.2) is 33.5 Å². The summed E-state index contributed by atoms with van der Waals surface area (Å²) in [7, 11) is 2.67. The van der Waals surface area contributed by atoms with Crippen molar-refractivity contribution < 1.29 is 18.7 Å². The van der Waals surface area contributed by atoms with Crippen molar-refractivity contribution >= 4 is 5.97 Å². The fourth-order valence-corrected chi connectivity index (χ4v) is 1.59. The van der Waals surface area contributed by atoms with Crippen molar-refractivity contribution in [2.75, 3.05) is 14.2 Å². The van der Waals surface area contributed by atoms with Crippen LogP contribution in [0.2, 0.25) is 0 Å². The molecule has 0 saturated heterocycles. The maximum absolute atomic E-state index is 11.6. The number of hydrogen-bond acceptors (Lipinski definition) is 5. The zero-order valence-electron chi connectivity index (χ0n) is 9.35. The molecule has 0 atom stereocenters. The van der Waals surface area contributed by atoms with Gasteiger partial charge in [-0.15, -0.1) is 0 Å². The first-order chi connectivity index (χ1) is 8.19. The van der Waals surface area contributed by atoms with Crippen LogP contribution in [0.1, 0.15) is 10.4 Å². The van der Waals surface area contributed by atoms with Gasteiger partial charge in [-0.05, 0) is 12.1 Å². The number of hydrogen-bond donors (Lipinski definition) is 0. The number of carbonyl (C=O) groups excluding carboxylic acids is 1. The summed E-state index contributed by atoms with van der Waals surface area (Å²) in [4.78, 5) is 23.1. The van der Waals surface area contributed by atoms with E-state index in [1.54, 1.807) is 24.3 Å². The van der Waals surface area contributed by atoms with Gasteiger partial charge in [0.15, 0.2) is 17.1 Å². The minimum atomic E-state index is -0.726. The number of fused-ring (bicyclic) bond motifs is 1. The van der Waals surface area contributed by atoms with E-state index in [0.29, 0.717) is 11.3 Å². The molecule has 0 bridgehead atoms. The minimum absolute atomic E-state index is 0.114. The molecule has 17 heavy (non-hydrogen) atoms. The minimum Gasteiger partial charge on any atom is -0.493 e. The SMILES string of the molecule is COC(=O)c1c2ccccc(OC)c-2oc1=O. The number of ether oxygens (including phenoxy) is 2. The molecule has 1 aliphatic heterocycles. The van der Waals surface area contributed by atoms with Crippen molar-refractivity contribution in [2.24, 2.45) is 0 Å². The summed E-state index contributed by atoms with van der Waals surface area (Å²) in [6, 6.07) is 6.66. The second-order valence-corrected chi connectivity index (χ2v) is 3.29. The van der Waals surface area contributed by atoms with Crippen molar-refractivity contribution in [3.8, 4) is 17.1 Å². The maximum Gasteiger partial charge on any atom is 0.351 e. The van der Waals surface area contributed by atoms with Crippen molar-refractivity contribution in [3.63, 3.8) is 0 Å². The van der Waals surface area contributed by atoms with Gasteiger partial charge in [-0.1, -0.05) is 12.1 Å². The molecule has 0 unspecified atom stereocenters. The highest BCUT2D eigenvalue weighted by Gasteiger charge is 2.26. The molecule has 0 amide bonds. The lowest BCUT2D eigenvalue weighted by Gasteiger charge is -1.99. The van der Waals surface area contributed by atoms with Crippen LogP contribution in [-0.2, 0) is 4.74 Å². The first-order valence-electron chi connectivity index (χ1n) is 4.87. The van der Waals surface area contributed by atoms with E-state index in [2.05, 4.69) is 4.74 Å². The van der Waals surface area contributed by atoms with Crippen LogP contribution in [-0.4, -0.2) is 20.2 Å². The van der Waals surface area contributed by atoms with Crippen molar-refractivity contribution in [3.05, 3.63) is 40.2 Å². The predicted octanol–water partition coefficient (Wildman–Crippen LogP) is 1.54. The van der Waals surface area contributed by atoms with Crippen LogP contribution >= 0.6 is 0 Å². The van der Waals surface area contributed by atoms with Gasteiger partial charge in [0.25, 0.3) is 0 Å². The molecular formula is C12H10O5. The third-order valence-electron chi connectivity index (χ3n) is 2.37. The topological polar surface area (TPSA) is 65.7 Å². The van der Waals surface area contributed by atoms with Gasteiger partial charge in [0.2, 0.25) is 0 Å².